The largest absolute Gasteiger partial charge is 0.486 e. The zero-order valence-corrected chi connectivity index (χ0v) is 12.2. The summed E-state index contributed by atoms with van der Waals surface area (Å²) in [5, 5.41) is 22.3. The number of β-amino-alcohol motifs (C(OH)–C–C–N with tert-alkyl or cyclic N) is 1. The van der Waals surface area contributed by atoms with Gasteiger partial charge in [0.25, 0.3) is 0 Å². The molecule has 2 aromatic rings. The SMILES string of the molecule is O[C@@H]1CN(c2nnnn2C2CCC2)C[C@H]1Oc1ccccc1. The van der Waals surface area contributed by atoms with Gasteiger partial charge in [-0.05, 0) is 41.8 Å². The van der Waals surface area contributed by atoms with Crippen molar-refractivity contribution in [2.75, 3.05) is 18.0 Å². The van der Waals surface area contributed by atoms with Gasteiger partial charge in [-0.3, -0.25) is 0 Å². The number of hydrogen-bond acceptors (Lipinski definition) is 6. The second kappa shape index (κ2) is 5.57. The topological polar surface area (TPSA) is 76.3 Å². The van der Waals surface area contributed by atoms with Crippen molar-refractivity contribution in [2.24, 2.45) is 0 Å². The average molecular weight is 301 g/mol. The molecule has 0 spiro atoms. The number of benzene rings is 1. The maximum atomic E-state index is 10.3. The van der Waals surface area contributed by atoms with E-state index in [0.29, 0.717) is 19.1 Å². The predicted octanol–water partition coefficient (Wildman–Crippen LogP) is 1.03. The van der Waals surface area contributed by atoms with Crippen LogP contribution in [0, 0.1) is 0 Å². The monoisotopic (exact) mass is 301 g/mol. The van der Waals surface area contributed by atoms with Crippen LogP contribution in [0.25, 0.3) is 0 Å². The highest BCUT2D eigenvalue weighted by Gasteiger charge is 2.37. The number of para-hydroxylation sites is 1. The van der Waals surface area contributed by atoms with E-state index < -0.39 is 6.10 Å². The Morgan fingerprint density at radius 1 is 1.14 bits per heavy atom. The number of anilines is 1. The van der Waals surface area contributed by atoms with Crippen molar-refractivity contribution in [1.29, 1.82) is 0 Å². The van der Waals surface area contributed by atoms with E-state index in [-0.39, 0.29) is 6.10 Å². The molecule has 1 aliphatic carbocycles. The number of aromatic nitrogens is 4. The third kappa shape index (κ3) is 2.41. The van der Waals surface area contributed by atoms with E-state index >= 15 is 0 Å². The van der Waals surface area contributed by atoms with E-state index in [1.807, 2.05) is 39.9 Å². The fraction of sp³-hybridized carbons (Fsp3) is 0.533. The third-order valence-corrected chi connectivity index (χ3v) is 4.45. The molecule has 7 nitrogen and oxygen atoms in total. The Labute approximate surface area is 128 Å². The number of aliphatic hydroxyl groups excluding tert-OH is 1. The van der Waals surface area contributed by atoms with Crippen molar-refractivity contribution in [1.82, 2.24) is 20.2 Å². The Balaban J connectivity index is 1.48. The summed E-state index contributed by atoms with van der Waals surface area (Å²) in [4.78, 5) is 2.01. The first kappa shape index (κ1) is 13.5. The molecule has 116 valence electrons. The Morgan fingerprint density at radius 2 is 1.95 bits per heavy atom. The minimum atomic E-state index is -0.549. The molecule has 1 saturated heterocycles. The molecule has 1 aromatic carbocycles. The first-order chi connectivity index (χ1) is 10.8. The van der Waals surface area contributed by atoms with Gasteiger partial charge in [-0.15, -0.1) is 0 Å². The number of ether oxygens (including phenoxy) is 1. The summed E-state index contributed by atoms with van der Waals surface area (Å²) in [7, 11) is 0. The molecule has 0 unspecified atom stereocenters. The molecule has 22 heavy (non-hydrogen) atoms. The van der Waals surface area contributed by atoms with E-state index in [4.69, 9.17) is 4.74 Å². The summed E-state index contributed by atoms with van der Waals surface area (Å²) >= 11 is 0. The van der Waals surface area contributed by atoms with Gasteiger partial charge in [-0.2, -0.15) is 0 Å². The van der Waals surface area contributed by atoms with E-state index in [2.05, 4.69) is 15.5 Å². The van der Waals surface area contributed by atoms with Crippen molar-refractivity contribution in [3.63, 3.8) is 0 Å². The van der Waals surface area contributed by atoms with E-state index in [1.165, 1.54) is 6.42 Å². The van der Waals surface area contributed by atoms with Crippen molar-refractivity contribution in [2.45, 2.75) is 37.5 Å². The lowest BCUT2D eigenvalue weighted by atomic mass is 9.93. The lowest BCUT2D eigenvalue weighted by molar-refractivity contribution is 0.0738. The minimum absolute atomic E-state index is 0.269. The van der Waals surface area contributed by atoms with Gasteiger partial charge in [0.1, 0.15) is 18.0 Å². The molecule has 0 bridgehead atoms. The van der Waals surface area contributed by atoms with E-state index in [9.17, 15) is 5.11 Å². The van der Waals surface area contributed by atoms with Crippen LogP contribution in [0.1, 0.15) is 25.3 Å². The molecule has 2 heterocycles. The van der Waals surface area contributed by atoms with Crippen molar-refractivity contribution < 1.29 is 9.84 Å². The van der Waals surface area contributed by atoms with Gasteiger partial charge >= 0.3 is 0 Å². The highest BCUT2D eigenvalue weighted by molar-refractivity contribution is 5.33. The van der Waals surface area contributed by atoms with Crippen LogP contribution in [0.5, 0.6) is 5.75 Å². The van der Waals surface area contributed by atoms with Crippen molar-refractivity contribution in [3.05, 3.63) is 30.3 Å². The fourth-order valence-electron chi connectivity index (χ4n) is 2.97. The lowest BCUT2D eigenvalue weighted by Gasteiger charge is -2.28. The number of tetrazole rings is 1. The summed E-state index contributed by atoms with van der Waals surface area (Å²) in [5.41, 5.74) is 0. The zero-order chi connectivity index (χ0) is 14.9. The van der Waals surface area contributed by atoms with E-state index in [1.54, 1.807) is 0 Å². The Bertz CT molecular complexity index is 628. The normalized spacial score (nSPS) is 25.2. The van der Waals surface area contributed by atoms with Gasteiger partial charge in [0.05, 0.1) is 19.1 Å². The molecule has 1 N–H and O–H groups in total. The highest BCUT2D eigenvalue weighted by atomic mass is 16.5. The summed E-state index contributed by atoms with van der Waals surface area (Å²) in [6, 6.07) is 9.98. The minimum Gasteiger partial charge on any atom is -0.486 e. The summed E-state index contributed by atoms with van der Waals surface area (Å²) < 4.78 is 7.78. The maximum Gasteiger partial charge on any atom is 0.246 e. The molecular formula is C15H19N5O2. The van der Waals surface area contributed by atoms with Gasteiger partial charge in [-0.25, -0.2) is 4.68 Å². The second-order valence-electron chi connectivity index (χ2n) is 5.95. The Hall–Kier alpha value is -2.15. The zero-order valence-electron chi connectivity index (χ0n) is 12.2. The van der Waals surface area contributed by atoms with Crippen LogP contribution in [0.3, 0.4) is 0 Å². The molecule has 7 heteroatoms. The van der Waals surface area contributed by atoms with Crippen LogP contribution < -0.4 is 9.64 Å². The quantitative estimate of drug-likeness (QED) is 0.909. The molecule has 0 amide bonds. The van der Waals surface area contributed by atoms with Crippen LogP contribution in [0.4, 0.5) is 5.95 Å². The van der Waals surface area contributed by atoms with Crippen LogP contribution in [0.15, 0.2) is 30.3 Å². The molecule has 2 atom stereocenters. The number of hydrogen-bond donors (Lipinski definition) is 1. The van der Waals surface area contributed by atoms with Crippen LogP contribution in [-0.4, -0.2) is 50.6 Å². The average Bonchev–Trinajstić information content (AvgIpc) is 3.06. The predicted molar refractivity (Wildman–Crippen MR) is 79.8 cm³/mol. The van der Waals surface area contributed by atoms with Gasteiger partial charge < -0.3 is 14.7 Å². The van der Waals surface area contributed by atoms with Gasteiger partial charge in [0.2, 0.25) is 5.95 Å². The number of nitrogens with zero attached hydrogens (tertiary/aromatic N) is 5. The molecular weight excluding hydrogens is 282 g/mol. The number of aliphatic hydroxyl groups is 1. The highest BCUT2D eigenvalue weighted by Crippen LogP contribution is 2.34. The molecule has 1 saturated carbocycles. The van der Waals surface area contributed by atoms with Gasteiger partial charge in [0.15, 0.2) is 0 Å². The summed E-state index contributed by atoms with van der Waals surface area (Å²) in [5.74, 6) is 1.51. The van der Waals surface area contributed by atoms with Gasteiger partial charge in [-0.1, -0.05) is 23.3 Å². The Morgan fingerprint density at radius 3 is 2.68 bits per heavy atom. The summed E-state index contributed by atoms with van der Waals surface area (Å²) in [6.45, 7) is 1.08. The Kier molecular flexibility index (Phi) is 3.42. The first-order valence-corrected chi connectivity index (χ1v) is 7.74. The standard InChI is InChI=1S/C15H19N5O2/c21-13-9-19(10-14(13)22-12-7-2-1-3-8-12)15-16-17-18-20(15)11-5-4-6-11/h1-3,7-8,11,13-14,21H,4-6,9-10H2/t13-,14-/m1/s1. The molecule has 2 fully saturated rings. The lowest BCUT2D eigenvalue weighted by Crippen LogP contribution is -2.30. The molecule has 4 rings (SSSR count). The molecule has 2 aliphatic rings. The third-order valence-electron chi connectivity index (χ3n) is 4.45. The van der Waals surface area contributed by atoms with Gasteiger partial charge in [0, 0.05) is 0 Å². The van der Waals surface area contributed by atoms with Crippen LogP contribution in [-0.2, 0) is 0 Å². The summed E-state index contributed by atoms with van der Waals surface area (Å²) in [6.07, 6.45) is 2.66. The number of rotatable bonds is 4. The van der Waals surface area contributed by atoms with Crippen molar-refractivity contribution in [3.8, 4) is 5.75 Å². The second-order valence-corrected chi connectivity index (χ2v) is 5.95. The molecule has 1 aromatic heterocycles. The first-order valence-electron chi connectivity index (χ1n) is 7.74. The van der Waals surface area contributed by atoms with Crippen LogP contribution >= 0.6 is 0 Å². The fourth-order valence-corrected chi connectivity index (χ4v) is 2.97. The molecule has 1 aliphatic heterocycles. The molecule has 0 radical (unpaired) electrons. The smallest absolute Gasteiger partial charge is 0.246 e. The maximum absolute atomic E-state index is 10.3. The van der Waals surface area contributed by atoms with Crippen LogP contribution in [0.2, 0.25) is 0 Å². The van der Waals surface area contributed by atoms with E-state index in [0.717, 1.165) is 24.5 Å². The van der Waals surface area contributed by atoms with Crippen molar-refractivity contribution >= 4 is 5.95 Å².